The Labute approximate surface area is 107 Å². The minimum absolute atomic E-state index is 0.0712. The van der Waals surface area contributed by atoms with Gasteiger partial charge in [-0.15, -0.1) is 0 Å². The van der Waals surface area contributed by atoms with Crippen molar-refractivity contribution in [1.29, 1.82) is 0 Å². The Morgan fingerprint density at radius 2 is 1.94 bits per heavy atom. The van der Waals surface area contributed by atoms with Crippen LogP contribution in [0.1, 0.15) is 28.3 Å². The number of rotatable bonds is 3. The normalized spacial score (nSPS) is 12.7. The van der Waals surface area contributed by atoms with Crippen LogP contribution in [0.25, 0.3) is 0 Å². The van der Waals surface area contributed by atoms with Gasteiger partial charge in [0.2, 0.25) is 0 Å². The molecule has 1 atom stereocenters. The first-order valence-electron chi connectivity index (χ1n) is 5.60. The van der Waals surface area contributed by atoms with Crippen molar-refractivity contribution in [3.8, 4) is 0 Å². The molecule has 0 spiro atoms. The smallest absolute Gasteiger partial charge is 0.198 e. The number of aryl methyl sites for hydroxylation is 2. The fourth-order valence-corrected chi connectivity index (χ4v) is 2.36. The van der Waals surface area contributed by atoms with Crippen LogP contribution >= 0.6 is 11.6 Å². The summed E-state index contributed by atoms with van der Waals surface area (Å²) in [5, 5.41) is 3.73. The molecule has 90 valence electrons. The number of halogens is 1. The van der Waals surface area contributed by atoms with Gasteiger partial charge in [0, 0.05) is 5.56 Å². The fourth-order valence-electron chi connectivity index (χ4n) is 2.14. The molecule has 2 aromatic rings. The van der Waals surface area contributed by atoms with Crippen LogP contribution in [0.4, 0.5) is 0 Å². The summed E-state index contributed by atoms with van der Waals surface area (Å²) in [6, 6.07) is 8.40. The Bertz CT molecular complexity index is 519. The highest BCUT2D eigenvalue weighted by molar-refractivity contribution is 6.29. The van der Waals surface area contributed by atoms with E-state index in [4.69, 9.17) is 16.0 Å². The Morgan fingerprint density at radius 3 is 2.47 bits per heavy atom. The standard InChI is InChI=1S/C14H16ClNO/c1-9-4-5-11(10(2)8-9)13(16-3)12-6-7-17-14(12)15/h4-8,13,16H,1-3H3. The van der Waals surface area contributed by atoms with E-state index in [9.17, 15) is 0 Å². The van der Waals surface area contributed by atoms with Crippen LogP contribution in [0.3, 0.4) is 0 Å². The summed E-state index contributed by atoms with van der Waals surface area (Å²) in [6.45, 7) is 4.21. The zero-order chi connectivity index (χ0) is 12.4. The third kappa shape index (κ3) is 2.38. The van der Waals surface area contributed by atoms with Gasteiger partial charge in [0.05, 0.1) is 12.3 Å². The highest BCUT2D eigenvalue weighted by Gasteiger charge is 2.18. The highest BCUT2D eigenvalue weighted by atomic mass is 35.5. The van der Waals surface area contributed by atoms with Gasteiger partial charge in [-0.1, -0.05) is 23.8 Å². The molecule has 2 nitrogen and oxygen atoms in total. The number of nitrogens with one attached hydrogen (secondary N) is 1. The Balaban J connectivity index is 2.46. The van der Waals surface area contributed by atoms with Crippen LogP contribution in [0.15, 0.2) is 34.9 Å². The summed E-state index contributed by atoms with van der Waals surface area (Å²) in [5.74, 6) is 0. The van der Waals surface area contributed by atoms with E-state index in [0.29, 0.717) is 5.22 Å². The van der Waals surface area contributed by atoms with Crippen molar-refractivity contribution >= 4 is 11.6 Å². The molecule has 0 bridgehead atoms. The summed E-state index contributed by atoms with van der Waals surface area (Å²) >= 11 is 6.04. The van der Waals surface area contributed by atoms with Gasteiger partial charge < -0.3 is 9.73 Å². The van der Waals surface area contributed by atoms with Crippen molar-refractivity contribution in [3.63, 3.8) is 0 Å². The molecule has 2 rings (SSSR count). The van der Waals surface area contributed by atoms with E-state index in [2.05, 4.69) is 37.4 Å². The van der Waals surface area contributed by atoms with E-state index in [1.165, 1.54) is 16.7 Å². The predicted octanol–water partition coefficient (Wildman–Crippen LogP) is 3.86. The minimum Gasteiger partial charge on any atom is -0.453 e. The number of benzene rings is 1. The van der Waals surface area contributed by atoms with Crippen molar-refractivity contribution in [2.45, 2.75) is 19.9 Å². The third-order valence-electron chi connectivity index (χ3n) is 2.98. The molecule has 1 heterocycles. The first kappa shape index (κ1) is 12.2. The molecular formula is C14H16ClNO. The van der Waals surface area contributed by atoms with Crippen molar-refractivity contribution in [2.75, 3.05) is 7.05 Å². The maximum absolute atomic E-state index is 6.04. The van der Waals surface area contributed by atoms with Gasteiger partial charge >= 0.3 is 0 Å². The zero-order valence-electron chi connectivity index (χ0n) is 10.3. The van der Waals surface area contributed by atoms with Gasteiger partial charge in [0.15, 0.2) is 5.22 Å². The Morgan fingerprint density at radius 1 is 1.18 bits per heavy atom. The maximum atomic E-state index is 6.04. The molecule has 0 saturated carbocycles. The van der Waals surface area contributed by atoms with Crippen LogP contribution in [0.2, 0.25) is 5.22 Å². The van der Waals surface area contributed by atoms with E-state index in [-0.39, 0.29) is 6.04 Å². The Kier molecular flexibility index (Phi) is 3.55. The van der Waals surface area contributed by atoms with E-state index in [1.54, 1.807) is 6.26 Å². The number of furan rings is 1. The Hall–Kier alpha value is -1.25. The van der Waals surface area contributed by atoms with Crippen molar-refractivity contribution in [2.24, 2.45) is 0 Å². The summed E-state index contributed by atoms with van der Waals surface area (Å²) < 4.78 is 5.16. The lowest BCUT2D eigenvalue weighted by atomic mass is 9.95. The van der Waals surface area contributed by atoms with Crippen LogP contribution in [-0.4, -0.2) is 7.05 Å². The summed E-state index contributed by atoms with van der Waals surface area (Å²) in [7, 11) is 1.92. The molecule has 1 aromatic carbocycles. The SMILES string of the molecule is CNC(c1ccc(C)cc1C)c1ccoc1Cl. The second-order valence-corrected chi connectivity index (χ2v) is 4.57. The zero-order valence-corrected chi connectivity index (χ0v) is 11.0. The molecule has 1 N–H and O–H groups in total. The van der Waals surface area contributed by atoms with Gasteiger partial charge in [-0.3, -0.25) is 0 Å². The molecule has 0 fully saturated rings. The lowest BCUT2D eigenvalue weighted by Crippen LogP contribution is -2.18. The molecule has 0 aliphatic heterocycles. The molecule has 0 radical (unpaired) electrons. The molecule has 0 aliphatic carbocycles. The number of hydrogen-bond donors (Lipinski definition) is 1. The van der Waals surface area contributed by atoms with E-state index in [1.807, 2.05) is 13.1 Å². The lowest BCUT2D eigenvalue weighted by Gasteiger charge is -2.18. The van der Waals surface area contributed by atoms with Crippen molar-refractivity contribution < 1.29 is 4.42 Å². The van der Waals surface area contributed by atoms with Gasteiger partial charge in [0.1, 0.15) is 0 Å². The lowest BCUT2D eigenvalue weighted by molar-refractivity contribution is 0.559. The minimum atomic E-state index is 0.0712. The fraction of sp³-hybridized carbons (Fsp3) is 0.286. The average Bonchev–Trinajstić information content (AvgIpc) is 2.69. The van der Waals surface area contributed by atoms with Gasteiger partial charge in [0.25, 0.3) is 0 Å². The first-order chi connectivity index (χ1) is 8.13. The predicted molar refractivity (Wildman–Crippen MR) is 70.5 cm³/mol. The van der Waals surface area contributed by atoms with Gasteiger partial charge in [-0.2, -0.15) is 0 Å². The quantitative estimate of drug-likeness (QED) is 0.894. The third-order valence-corrected chi connectivity index (χ3v) is 3.29. The second kappa shape index (κ2) is 4.94. The summed E-state index contributed by atoms with van der Waals surface area (Å²) in [6.07, 6.45) is 1.62. The molecule has 0 saturated heterocycles. The highest BCUT2D eigenvalue weighted by Crippen LogP contribution is 2.30. The molecular weight excluding hydrogens is 234 g/mol. The average molecular weight is 250 g/mol. The first-order valence-corrected chi connectivity index (χ1v) is 5.98. The molecule has 0 amide bonds. The van der Waals surface area contributed by atoms with E-state index in [0.717, 1.165) is 5.56 Å². The summed E-state index contributed by atoms with van der Waals surface area (Å²) in [4.78, 5) is 0. The van der Waals surface area contributed by atoms with Gasteiger partial charge in [-0.05, 0) is 49.7 Å². The van der Waals surface area contributed by atoms with Crippen LogP contribution in [-0.2, 0) is 0 Å². The monoisotopic (exact) mass is 249 g/mol. The molecule has 1 unspecified atom stereocenters. The van der Waals surface area contributed by atoms with Gasteiger partial charge in [-0.25, -0.2) is 0 Å². The summed E-state index contributed by atoms with van der Waals surface area (Å²) in [5.41, 5.74) is 4.71. The largest absolute Gasteiger partial charge is 0.453 e. The number of hydrogen-bond acceptors (Lipinski definition) is 2. The van der Waals surface area contributed by atoms with Crippen LogP contribution < -0.4 is 5.32 Å². The topological polar surface area (TPSA) is 25.2 Å². The van der Waals surface area contributed by atoms with Crippen LogP contribution in [0, 0.1) is 13.8 Å². The molecule has 1 aromatic heterocycles. The molecule has 0 aliphatic rings. The van der Waals surface area contributed by atoms with Crippen LogP contribution in [0.5, 0.6) is 0 Å². The van der Waals surface area contributed by atoms with Crippen molar-refractivity contribution in [1.82, 2.24) is 5.32 Å². The molecule has 17 heavy (non-hydrogen) atoms. The van der Waals surface area contributed by atoms with E-state index >= 15 is 0 Å². The second-order valence-electron chi connectivity index (χ2n) is 4.23. The maximum Gasteiger partial charge on any atom is 0.198 e. The van der Waals surface area contributed by atoms with Crippen molar-refractivity contribution in [3.05, 3.63) is 58.0 Å². The van der Waals surface area contributed by atoms with E-state index < -0.39 is 0 Å². The molecule has 3 heteroatoms.